The minimum absolute atomic E-state index is 0.0634. The molecule has 34 heavy (non-hydrogen) atoms. The maximum atomic E-state index is 14.1. The second-order valence-electron chi connectivity index (χ2n) is 8.23. The monoisotopic (exact) mass is 488 g/mol. The summed E-state index contributed by atoms with van der Waals surface area (Å²) in [5, 5.41) is 9.71. The van der Waals surface area contributed by atoms with Crippen molar-refractivity contribution in [3.8, 4) is 11.5 Å². The van der Waals surface area contributed by atoms with Crippen molar-refractivity contribution in [1.29, 1.82) is 0 Å². The molecule has 0 saturated carbocycles. The van der Waals surface area contributed by atoms with Crippen molar-refractivity contribution in [2.45, 2.75) is 50.8 Å². The number of hydrogen-bond acceptors (Lipinski definition) is 4. The Morgan fingerprint density at radius 2 is 1.71 bits per heavy atom. The fourth-order valence-corrected chi connectivity index (χ4v) is 4.14. The number of anilines is 1. The van der Waals surface area contributed by atoms with Gasteiger partial charge in [0, 0.05) is 17.3 Å². The summed E-state index contributed by atoms with van der Waals surface area (Å²) < 4.78 is 99.3. The summed E-state index contributed by atoms with van der Waals surface area (Å²) >= 11 is 0. The zero-order valence-corrected chi connectivity index (χ0v) is 17.9. The first-order valence-corrected chi connectivity index (χ1v) is 10.2. The molecule has 11 heteroatoms. The Kier molecular flexibility index (Phi) is 5.66. The molecular weight excluding hydrogens is 469 g/mol. The van der Waals surface area contributed by atoms with Crippen molar-refractivity contribution in [2.75, 3.05) is 4.90 Å². The number of halogens is 7. The lowest BCUT2D eigenvalue weighted by Gasteiger charge is -2.33. The van der Waals surface area contributed by atoms with Gasteiger partial charge in [0.05, 0.1) is 12.1 Å². The van der Waals surface area contributed by atoms with E-state index in [0.29, 0.717) is 23.2 Å². The highest BCUT2D eigenvalue weighted by Crippen LogP contribution is 2.51. The quantitative estimate of drug-likeness (QED) is 0.454. The number of aryl methyl sites for hydroxylation is 1. The van der Waals surface area contributed by atoms with E-state index in [4.69, 9.17) is 4.42 Å². The van der Waals surface area contributed by atoms with Gasteiger partial charge in [-0.05, 0) is 44.0 Å². The highest BCUT2D eigenvalue weighted by Gasteiger charge is 2.71. The highest BCUT2D eigenvalue weighted by molar-refractivity contribution is 5.62. The van der Waals surface area contributed by atoms with Crippen LogP contribution < -0.4 is 4.90 Å². The predicted octanol–water partition coefficient (Wildman–Crippen LogP) is 6.05. The lowest BCUT2D eigenvalue weighted by Crippen LogP contribution is -2.53. The third-order valence-corrected chi connectivity index (χ3v) is 5.99. The smallest absolute Gasteiger partial charge is 0.430 e. The molecule has 182 valence electrons. The van der Waals surface area contributed by atoms with Gasteiger partial charge in [0.1, 0.15) is 17.3 Å². The van der Waals surface area contributed by atoms with Crippen LogP contribution in [0.15, 0.2) is 46.9 Å². The third-order valence-electron chi connectivity index (χ3n) is 5.99. The van der Waals surface area contributed by atoms with Crippen LogP contribution >= 0.6 is 0 Å². The summed E-state index contributed by atoms with van der Waals surface area (Å²) in [6.07, 6.45) is -11.7. The first kappa shape index (κ1) is 24.1. The second-order valence-corrected chi connectivity index (χ2v) is 8.23. The van der Waals surface area contributed by atoms with Gasteiger partial charge in [-0.15, -0.1) is 0 Å². The molecule has 1 aliphatic heterocycles. The average molecular weight is 488 g/mol. The standard InChI is InChI=1S/C23H19F7N2O2/c1-12-9-14-10-15(21(33,22(25,26)27)23(28,29)30)7-8-19(14)32(12)11-18-13(2)34-20(31-18)16-5-3-4-6-17(16)24/h3-8,10,12,33H,9,11H2,1-2H3. The van der Waals surface area contributed by atoms with Gasteiger partial charge < -0.3 is 14.4 Å². The van der Waals surface area contributed by atoms with Crippen LogP contribution in [0, 0.1) is 12.7 Å². The van der Waals surface area contributed by atoms with Gasteiger partial charge in [0.25, 0.3) is 5.60 Å². The van der Waals surface area contributed by atoms with Crippen LogP contribution in [0.2, 0.25) is 0 Å². The summed E-state index contributed by atoms with van der Waals surface area (Å²) in [5.41, 5.74) is -5.02. The summed E-state index contributed by atoms with van der Waals surface area (Å²) in [6, 6.07) is 8.11. The molecule has 1 unspecified atom stereocenters. The Hall–Kier alpha value is -3.08. The van der Waals surface area contributed by atoms with Gasteiger partial charge in [0.15, 0.2) is 0 Å². The molecule has 2 aromatic carbocycles. The Morgan fingerprint density at radius 3 is 2.32 bits per heavy atom. The third kappa shape index (κ3) is 3.81. The summed E-state index contributed by atoms with van der Waals surface area (Å²) in [4.78, 5) is 6.11. The molecule has 1 N–H and O–H groups in total. The number of nitrogens with zero attached hydrogens (tertiary/aromatic N) is 2. The van der Waals surface area contributed by atoms with E-state index in [2.05, 4.69) is 4.98 Å². The lowest BCUT2D eigenvalue weighted by atomic mass is 9.90. The average Bonchev–Trinajstić information content (AvgIpc) is 3.25. The fraction of sp³-hybridized carbons (Fsp3) is 0.348. The fourth-order valence-electron chi connectivity index (χ4n) is 4.14. The van der Waals surface area contributed by atoms with Crippen molar-refractivity contribution in [3.05, 3.63) is 70.9 Å². The first-order chi connectivity index (χ1) is 15.7. The molecule has 0 aliphatic carbocycles. The Labute approximate surface area is 189 Å². The van der Waals surface area contributed by atoms with Crippen molar-refractivity contribution >= 4 is 5.69 Å². The lowest BCUT2D eigenvalue weighted by molar-refractivity contribution is -0.376. The van der Waals surface area contributed by atoms with Crippen molar-refractivity contribution in [1.82, 2.24) is 4.98 Å². The summed E-state index contributed by atoms with van der Waals surface area (Å²) in [6.45, 7) is 3.52. The normalized spacial score (nSPS) is 16.8. The zero-order chi connectivity index (χ0) is 25.1. The SMILES string of the molecule is Cc1oc(-c2ccccc2F)nc1CN1c2ccc(C(O)(C(F)(F)F)C(F)(F)F)cc2CC1C. The van der Waals surface area contributed by atoms with Crippen LogP contribution in [0.5, 0.6) is 0 Å². The van der Waals surface area contributed by atoms with Crippen molar-refractivity contribution in [2.24, 2.45) is 0 Å². The van der Waals surface area contributed by atoms with Crippen LogP contribution in [0.4, 0.5) is 36.4 Å². The number of rotatable bonds is 4. The van der Waals surface area contributed by atoms with Crippen LogP contribution in [0.25, 0.3) is 11.5 Å². The van der Waals surface area contributed by atoms with E-state index >= 15 is 0 Å². The number of fused-ring (bicyclic) bond motifs is 1. The Morgan fingerprint density at radius 1 is 1.06 bits per heavy atom. The molecule has 0 radical (unpaired) electrons. The van der Waals surface area contributed by atoms with E-state index in [1.165, 1.54) is 18.2 Å². The Balaban J connectivity index is 1.67. The second kappa shape index (κ2) is 8.00. The topological polar surface area (TPSA) is 49.5 Å². The molecule has 3 aromatic rings. The number of benzene rings is 2. The summed E-state index contributed by atoms with van der Waals surface area (Å²) in [5.74, 6) is -0.0583. The Bertz CT molecular complexity index is 1200. The van der Waals surface area contributed by atoms with Crippen LogP contribution in [0.1, 0.15) is 29.5 Å². The van der Waals surface area contributed by atoms with Crippen LogP contribution in [-0.2, 0) is 18.6 Å². The number of aliphatic hydroxyl groups is 1. The van der Waals surface area contributed by atoms with Gasteiger partial charge >= 0.3 is 12.4 Å². The van der Waals surface area contributed by atoms with Crippen LogP contribution in [0.3, 0.4) is 0 Å². The molecule has 2 heterocycles. The maximum Gasteiger partial charge on any atom is 0.430 e. The molecule has 4 nitrogen and oxygen atoms in total. The predicted molar refractivity (Wildman–Crippen MR) is 108 cm³/mol. The van der Waals surface area contributed by atoms with E-state index in [9.17, 15) is 35.8 Å². The van der Waals surface area contributed by atoms with Crippen molar-refractivity contribution < 1.29 is 40.3 Å². The first-order valence-electron chi connectivity index (χ1n) is 10.2. The van der Waals surface area contributed by atoms with Gasteiger partial charge in [-0.2, -0.15) is 26.3 Å². The van der Waals surface area contributed by atoms with Gasteiger partial charge in [-0.1, -0.05) is 24.3 Å². The molecule has 0 fully saturated rings. The summed E-state index contributed by atoms with van der Waals surface area (Å²) in [7, 11) is 0. The number of hydrogen-bond donors (Lipinski definition) is 1. The zero-order valence-electron chi connectivity index (χ0n) is 17.9. The van der Waals surface area contributed by atoms with Gasteiger partial charge in [-0.25, -0.2) is 9.37 Å². The molecular formula is C23H19F7N2O2. The van der Waals surface area contributed by atoms with E-state index in [0.717, 1.165) is 12.1 Å². The molecule has 1 atom stereocenters. The molecule has 0 bridgehead atoms. The molecule has 0 spiro atoms. The molecule has 1 aliphatic rings. The molecule has 4 rings (SSSR count). The van der Waals surface area contributed by atoms with Crippen LogP contribution in [-0.4, -0.2) is 28.5 Å². The number of alkyl halides is 6. The highest BCUT2D eigenvalue weighted by atomic mass is 19.4. The van der Waals surface area contributed by atoms with Gasteiger partial charge in [-0.3, -0.25) is 0 Å². The van der Waals surface area contributed by atoms with Crippen molar-refractivity contribution in [3.63, 3.8) is 0 Å². The maximum absolute atomic E-state index is 14.1. The number of oxazole rings is 1. The molecule has 0 amide bonds. The number of aromatic nitrogens is 1. The van der Waals surface area contributed by atoms with E-state index < -0.39 is 29.3 Å². The van der Waals surface area contributed by atoms with E-state index in [1.807, 2.05) is 0 Å². The van der Waals surface area contributed by atoms with Gasteiger partial charge in [0.2, 0.25) is 5.89 Å². The van der Waals surface area contributed by atoms with E-state index in [-0.39, 0.29) is 36.0 Å². The molecule has 1 aromatic heterocycles. The minimum atomic E-state index is -5.95. The minimum Gasteiger partial charge on any atom is -0.441 e. The largest absolute Gasteiger partial charge is 0.441 e. The molecule has 0 saturated heterocycles. The van der Waals surface area contributed by atoms with E-state index in [1.54, 1.807) is 24.8 Å².